The third kappa shape index (κ3) is 3.87. The topological polar surface area (TPSA) is 72.0 Å². The van der Waals surface area contributed by atoms with E-state index >= 15 is 0 Å². The quantitative estimate of drug-likeness (QED) is 0.896. The molecule has 0 saturated carbocycles. The molecule has 5 nitrogen and oxygen atoms in total. The smallest absolute Gasteiger partial charge is 0.229 e. The first-order valence-corrected chi connectivity index (χ1v) is 8.81. The molecule has 3 rings (SSSR count). The number of amides is 1. The number of carbonyl (C=O) groups excluding carboxylic acids is 2. The molecule has 0 bridgehead atoms. The van der Waals surface area contributed by atoms with E-state index in [-0.39, 0.29) is 29.5 Å². The highest BCUT2D eigenvalue weighted by molar-refractivity contribution is 6.30. The SMILES string of the molecule is CC[C@@H](C)C(=O)Nc1ncc2c(n1)C[C@H](c1ccc(Cl)cc1)CC2=O. The van der Waals surface area contributed by atoms with E-state index in [0.717, 1.165) is 12.0 Å². The Kier molecular flexibility index (Phi) is 5.13. The summed E-state index contributed by atoms with van der Waals surface area (Å²) < 4.78 is 0. The molecule has 0 radical (unpaired) electrons. The maximum atomic E-state index is 12.4. The Morgan fingerprint density at radius 3 is 2.72 bits per heavy atom. The lowest BCUT2D eigenvalue weighted by atomic mass is 9.82. The highest BCUT2D eigenvalue weighted by Crippen LogP contribution is 2.32. The molecule has 0 spiro atoms. The van der Waals surface area contributed by atoms with E-state index in [1.54, 1.807) is 0 Å². The molecule has 6 heteroatoms. The molecule has 0 saturated heterocycles. The van der Waals surface area contributed by atoms with E-state index < -0.39 is 0 Å². The van der Waals surface area contributed by atoms with Gasteiger partial charge in [0.15, 0.2) is 5.78 Å². The fraction of sp³-hybridized carbons (Fsp3) is 0.368. The summed E-state index contributed by atoms with van der Waals surface area (Å²) in [4.78, 5) is 33.0. The summed E-state index contributed by atoms with van der Waals surface area (Å²) in [5.74, 6) is 0.127. The highest BCUT2D eigenvalue weighted by Gasteiger charge is 2.28. The fourth-order valence-electron chi connectivity index (χ4n) is 2.89. The molecule has 1 aliphatic rings. The number of aromatic nitrogens is 2. The predicted octanol–water partition coefficient (Wildman–Crippen LogP) is 4.03. The molecule has 25 heavy (non-hydrogen) atoms. The van der Waals surface area contributed by atoms with Crippen LogP contribution in [-0.2, 0) is 11.2 Å². The lowest BCUT2D eigenvalue weighted by Gasteiger charge is -2.23. The van der Waals surface area contributed by atoms with Crippen LogP contribution in [0.1, 0.15) is 54.2 Å². The van der Waals surface area contributed by atoms with Crippen LogP contribution in [0.4, 0.5) is 5.95 Å². The van der Waals surface area contributed by atoms with Crippen molar-refractivity contribution in [2.45, 2.75) is 39.0 Å². The van der Waals surface area contributed by atoms with Crippen LogP contribution in [0, 0.1) is 5.92 Å². The van der Waals surface area contributed by atoms with Gasteiger partial charge in [-0.3, -0.25) is 14.9 Å². The average Bonchev–Trinajstić information content (AvgIpc) is 2.61. The summed E-state index contributed by atoms with van der Waals surface area (Å²) in [6.07, 6.45) is 3.33. The minimum absolute atomic E-state index is 0.0287. The van der Waals surface area contributed by atoms with Crippen LogP contribution in [-0.4, -0.2) is 21.7 Å². The van der Waals surface area contributed by atoms with Gasteiger partial charge in [0.1, 0.15) is 0 Å². The minimum Gasteiger partial charge on any atom is -0.294 e. The number of hydrogen-bond acceptors (Lipinski definition) is 4. The first-order valence-electron chi connectivity index (χ1n) is 8.43. The third-order valence-corrected chi connectivity index (χ3v) is 4.93. The summed E-state index contributed by atoms with van der Waals surface area (Å²) in [6, 6.07) is 7.54. The molecule has 1 amide bonds. The number of benzene rings is 1. The van der Waals surface area contributed by atoms with Gasteiger partial charge in [0.2, 0.25) is 11.9 Å². The van der Waals surface area contributed by atoms with Crippen molar-refractivity contribution in [1.82, 2.24) is 9.97 Å². The second-order valence-electron chi connectivity index (χ2n) is 6.43. The van der Waals surface area contributed by atoms with E-state index in [0.29, 0.717) is 29.1 Å². The van der Waals surface area contributed by atoms with Crippen molar-refractivity contribution >= 4 is 29.2 Å². The Bertz CT molecular complexity index is 805. The Balaban J connectivity index is 1.83. The van der Waals surface area contributed by atoms with Crippen LogP contribution in [0.25, 0.3) is 0 Å². The molecule has 0 fully saturated rings. The number of fused-ring (bicyclic) bond motifs is 1. The summed E-state index contributed by atoms with van der Waals surface area (Å²) in [7, 11) is 0. The van der Waals surface area contributed by atoms with Gasteiger partial charge >= 0.3 is 0 Å². The van der Waals surface area contributed by atoms with Gasteiger partial charge in [0.05, 0.1) is 11.3 Å². The summed E-state index contributed by atoms with van der Waals surface area (Å²) in [6.45, 7) is 3.81. The molecule has 1 aromatic carbocycles. The number of nitrogens with zero attached hydrogens (tertiary/aromatic N) is 2. The molecule has 1 aliphatic carbocycles. The van der Waals surface area contributed by atoms with Gasteiger partial charge in [-0.1, -0.05) is 37.6 Å². The number of Topliss-reactive ketones (excluding diaryl/α,β-unsaturated/α-hetero) is 1. The Hall–Kier alpha value is -2.27. The maximum absolute atomic E-state index is 12.4. The number of halogens is 1. The molecule has 130 valence electrons. The Labute approximate surface area is 151 Å². The number of anilines is 1. The van der Waals surface area contributed by atoms with Crippen molar-refractivity contribution in [2.75, 3.05) is 5.32 Å². The van der Waals surface area contributed by atoms with Crippen molar-refractivity contribution in [3.8, 4) is 0 Å². The zero-order chi connectivity index (χ0) is 18.0. The van der Waals surface area contributed by atoms with E-state index in [1.165, 1.54) is 6.20 Å². The van der Waals surface area contributed by atoms with Gasteiger partial charge in [-0.15, -0.1) is 0 Å². The molecule has 0 aliphatic heterocycles. The lowest BCUT2D eigenvalue weighted by molar-refractivity contribution is -0.119. The van der Waals surface area contributed by atoms with Crippen LogP contribution in [0.3, 0.4) is 0 Å². The van der Waals surface area contributed by atoms with Crippen molar-refractivity contribution < 1.29 is 9.59 Å². The van der Waals surface area contributed by atoms with Gasteiger partial charge in [-0.05, 0) is 36.5 Å². The van der Waals surface area contributed by atoms with Crippen molar-refractivity contribution in [3.05, 3.63) is 52.3 Å². The standard InChI is InChI=1S/C19H20ClN3O2/c1-3-11(2)18(25)23-19-21-10-15-16(22-19)8-13(9-17(15)24)12-4-6-14(20)7-5-12/h4-7,10-11,13H,3,8-9H2,1-2H3,(H,21,22,23,25)/t11-,13+/m1/s1. The first kappa shape index (κ1) is 17.5. The van der Waals surface area contributed by atoms with Gasteiger partial charge in [-0.2, -0.15) is 0 Å². The van der Waals surface area contributed by atoms with E-state index in [9.17, 15) is 9.59 Å². The number of carbonyl (C=O) groups is 2. The van der Waals surface area contributed by atoms with Crippen LogP contribution in [0.2, 0.25) is 5.02 Å². The van der Waals surface area contributed by atoms with Crippen molar-refractivity contribution in [2.24, 2.45) is 5.92 Å². The zero-order valence-corrected chi connectivity index (χ0v) is 15.0. The third-order valence-electron chi connectivity index (χ3n) is 4.68. The number of nitrogens with one attached hydrogen (secondary N) is 1. The molecular weight excluding hydrogens is 338 g/mol. The molecule has 0 unspecified atom stereocenters. The van der Waals surface area contributed by atoms with Gasteiger partial charge < -0.3 is 0 Å². The summed E-state index contributed by atoms with van der Waals surface area (Å²) >= 11 is 5.94. The van der Waals surface area contributed by atoms with Crippen molar-refractivity contribution in [3.63, 3.8) is 0 Å². The van der Waals surface area contributed by atoms with Crippen LogP contribution < -0.4 is 5.32 Å². The molecule has 1 aromatic heterocycles. The molecule has 1 heterocycles. The van der Waals surface area contributed by atoms with E-state index in [4.69, 9.17) is 11.6 Å². The van der Waals surface area contributed by atoms with E-state index in [1.807, 2.05) is 38.1 Å². The highest BCUT2D eigenvalue weighted by atomic mass is 35.5. The van der Waals surface area contributed by atoms with Gasteiger partial charge in [-0.25, -0.2) is 9.97 Å². The normalized spacial score (nSPS) is 17.7. The van der Waals surface area contributed by atoms with Crippen LogP contribution in [0.5, 0.6) is 0 Å². The fourth-order valence-corrected chi connectivity index (χ4v) is 3.02. The first-order chi connectivity index (χ1) is 12.0. The average molecular weight is 358 g/mol. The van der Waals surface area contributed by atoms with Crippen molar-refractivity contribution in [1.29, 1.82) is 0 Å². The molecular formula is C19H20ClN3O2. The van der Waals surface area contributed by atoms with E-state index in [2.05, 4.69) is 15.3 Å². The Morgan fingerprint density at radius 1 is 1.32 bits per heavy atom. The zero-order valence-electron chi connectivity index (χ0n) is 14.3. The minimum atomic E-state index is -0.112. The van der Waals surface area contributed by atoms with Crippen LogP contribution in [0.15, 0.2) is 30.5 Å². The Morgan fingerprint density at radius 2 is 2.04 bits per heavy atom. The maximum Gasteiger partial charge on any atom is 0.229 e. The van der Waals surface area contributed by atoms with Gasteiger partial charge in [0.25, 0.3) is 0 Å². The summed E-state index contributed by atoms with van der Waals surface area (Å²) in [5.41, 5.74) is 2.30. The predicted molar refractivity (Wildman–Crippen MR) is 97.0 cm³/mol. The van der Waals surface area contributed by atoms with Crippen LogP contribution >= 0.6 is 11.6 Å². The monoisotopic (exact) mass is 357 g/mol. The number of hydrogen-bond donors (Lipinski definition) is 1. The number of ketones is 1. The molecule has 1 N–H and O–H groups in total. The second-order valence-corrected chi connectivity index (χ2v) is 6.87. The summed E-state index contributed by atoms with van der Waals surface area (Å²) in [5, 5.41) is 3.40. The lowest BCUT2D eigenvalue weighted by Crippen LogP contribution is -2.24. The molecule has 2 atom stereocenters. The number of rotatable bonds is 4. The largest absolute Gasteiger partial charge is 0.294 e. The molecule has 2 aromatic rings. The van der Waals surface area contributed by atoms with Gasteiger partial charge in [0, 0.05) is 23.6 Å². The second kappa shape index (κ2) is 7.31.